The second kappa shape index (κ2) is 9.43. The number of amides is 1. The van der Waals surface area contributed by atoms with Gasteiger partial charge in [-0.3, -0.25) is 4.79 Å². The van der Waals surface area contributed by atoms with Gasteiger partial charge in [0.25, 0.3) is 0 Å². The highest BCUT2D eigenvalue weighted by atomic mass is 79.9. The molecule has 1 amide bonds. The van der Waals surface area contributed by atoms with Gasteiger partial charge in [-0.15, -0.1) is 0 Å². The van der Waals surface area contributed by atoms with Crippen molar-refractivity contribution in [2.45, 2.75) is 6.42 Å². The molecule has 0 saturated heterocycles. The van der Waals surface area contributed by atoms with Crippen molar-refractivity contribution in [1.29, 1.82) is 0 Å². The van der Waals surface area contributed by atoms with Crippen LogP contribution in [0.3, 0.4) is 0 Å². The quantitative estimate of drug-likeness (QED) is 0.424. The van der Waals surface area contributed by atoms with Crippen molar-refractivity contribution < 1.29 is 19.0 Å². The number of nitrogens with zero attached hydrogens (tertiary/aromatic N) is 1. The number of hydrogen-bond donors (Lipinski definition) is 1. The molecule has 1 N–H and O–H groups in total. The number of halogens is 1. The van der Waals surface area contributed by atoms with Crippen LogP contribution < -0.4 is 19.6 Å². The third kappa shape index (κ3) is 4.68. The highest BCUT2D eigenvalue weighted by molar-refractivity contribution is 9.10. The lowest BCUT2D eigenvalue weighted by atomic mass is 10.0. The van der Waals surface area contributed by atoms with Gasteiger partial charge in [0.1, 0.15) is 0 Å². The average Bonchev–Trinajstić information content (AvgIpc) is 2.75. The molecule has 150 valence electrons. The summed E-state index contributed by atoms with van der Waals surface area (Å²) in [7, 11) is 4.63. The smallest absolute Gasteiger partial charge is 0.244 e. The van der Waals surface area contributed by atoms with Crippen LogP contribution in [0.1, 0.15) is 11.1 Å². The van der Waals surface area contributed by atoms with Crippen LogP contribution in [0.5, 0.6) is 17.2 Å². The highest BCUT2D eigenvalue weighted by Gasteiger charge is 2.12. The fourth-order valence-electron chi connectivity index (χ4n) is 3.05. The minimum Gasteiger partial charge on any atom is -0.493 e. The molecule has 0 unspecified atom stereocenters. The Hall–Kier alpha value is -3.06. The minimum absolute atomic E-state index is 0.207. The van der Waals surface area contributed by atoms with Crippen LogP contribution in [0.15, 0.2) is 58.1 Å². The second-order valence-electron chi connectivity index (χ2n) is 6.18. The third-order valence-electron chi connectivity index (χ3n) is 4.40. The van der Waals surface area contributed by atoms with E-state index >= 15 is 0 Å². The predicted molar refractivity (Wildman–Crippen MR) is 117 cm³/mol. The standard InChI is InChI=1S/C22H21BrN2O4/c1-27-19-10-14(11-20(28-2)22(19)29-3)13-24-25-21(26)12-15-8-9-18(23)17-7-5-4-6-16(15)17/h4-11,13H,12H2,1-3H3,(H,25,26). The maximum atomic E-state index is 12.4. The summed E-state index contributed by atoms with van der Waals surface area (Å²) in [4.78, 5) is 12.4. The van der Waals surface area contributed by atoms with Gasteiger partial charge in [0.05, 0.1) is 34.0 Å². The Balaban J connectivity index is 1.73. The number of rotatable bonds is 7. The van der Waals surface area contributed by atoms with E-state index in [1.165, 1.54) is 6.21 Å². The van der Waals surface area contributed by atoms with E-state index in [0.29, 0.717) is 22.8 Å². The van der Waals surface area contributed by atoms with Crippen molar-refractivity contribution in [3.63, 3.8) is 0 Å². The Morgan fingerprint density at radius 3 is 2.28 bits per heavy atom. The molecule has 0 aliphatic rings. The minimum atomic E-state index is -0.207. The molecule has 0 saturated carbocycles. The van der Waals surface area contributed by atoms with Gasteiger partial charge in [0, 0.05) is 10.0 Å². The summed E-state index contributed by atoms with van der Waals surface area (Å²) in [5.41, 5.74) is 4.21. The summed E-state index contributed by atoms with van der Waals surface area (Å²) < 4.78 is 16.9. The molecule has 3 rings (SSSR count). The summed E-state index contributed by atoms with van der Waals surface area (Å²) >= 11 is 3.55. The lowest BCUT2D eigenvalue weighted by Gasteiger charge is -2.12. The van der Waals surface area contributed by atoms with Gasteiger partial charge in [-0.2, -0.15) is 5.10 Å². The van der Waals surface area contributed by atoms with Gasteiger partial charge in [-0.05, 0) is 34.5 Å². The van der Waals surface area contributed by atoms with E-state index in [4.69, 9.17) is 14.2 Å². The van der Waals surface area contributed by atoms with Crippen molar-refractivity contribution in [3.8, 4) is 17.2 Å². The van der Waals surface area contributed by atoms with Gasteiger partial charge >= 0.3 is 0 Å². The Labute approximate surface area is 177 Å². The molecule has 0 aromatic heterocycles. The number of carbonyl (C=O) groups excluding carboxylic acids is 1. The first kappa shape index (κ1) is 20.7. The van der Waals surface area contributed by atoms with Crippen LogP contribution in [0.25, 0.3) is 10.8 Å². The molecular weight excluding hydrogens is 436 g/mol. The first-order valence-electron chi connectivity index (χ1n) is 8.85. The molecule has 7 heteroatoms. The number of benzene rings is 3. The van der Waals surface area contributed by atoms with Gasteiger partial charge < -0.3 is 14.2 Å². The zero-order valence-corrected chi connectivity index (χ0v) is 17.9. The number of methoxy groups -OCH3 is 3. The number of hydrogen-bond acceptors (Lipinski definition) is 5. The zero-order chi connectivity index (χ0) is 20.8. The summed E-state index contributed by atoms with van der Waals surface area (Å²) in [6, 6.07) is 15.3. The molecule has 0 bridgehead atoms. The summed E-state index contributed by atoms with van der Waals surface area (Å²) in [5, 5.41) is 6.16. The molecule has 29 heavy (non-hydrogen) atoms. The lowest BCUT2D eigenvalue weighted by Crippen LogP contribution is -2.20. The van der Waals surface area contributed by atoms with Crippen LogP contribution >= 0.6 is 15.9 Å². The largest absolute Gasteiger partial charge is 0.493 e. The van der Waals surface area contributed by atoms with Crippen molar-refractivity contribution >= 4 is 38.8 Å². The maximum Gasteiger partial charge on any atom is 0.244 e. The van der Waals surface area contributed by atoms with Gasteiger partial charge in [-0.25, -0.2) is 5.43 Å². The molecule has 0 radical (unpaired) electrons. The number of fused-ring (bicyclic) bond motifs is 1. The van der Waals surface area contributed by atoms with Crippen LogP contribution in [0.2, 0.25) is 0 Å². The molecule has 0 atom stereocenters. The maximum absolute atomic E-state index is 12.4. The summed E-state index contributed by atoms with van der Waals surface area (Å²) in [5.74, 6) is 1.32. The van der Waals surface area contributed by atoms with E-state index < -0.39 is 0 Å². The highest BCUT2D eigenvalue weighted by Crippen LogP contribution is 2.37. The second-order valence-corrected chi connectivity index (χ2v) is 7.04. The monoisotopic (exact) mass is 456 g/mol. The van der Waals surface area contributed by atoms with Gasteiger partial charge in [-0.1, -0.05) is 46.3 Å². The topological polar surface area (TPSA) is 69.2 Å². The Bertz CT molecular complexity index is 1040. The van der Waals surface area contributed by atoms with E-state index in [0.717, 1.165) is 20.8 Å². The van der Waals surface area contributed by atoms with Crippen LogP contribution in [-0.4, -0.2) is 33.5 Å². The number of nitrogens with one attached hydrogen (secondary N) is 1. The Kier molecular flexibility index (Phi) is 6.72. The Morgan fingerprint density at radius 1 is 1.00 bits per heavy atom. The number of hydrazone groups is 1. The Morgan fingerprint density at radius 2 is 1.66 bits per heavy atom. The fraction of sp³-hybridized carbons (Fsp3) is 0.182. The van der Waals surface area contributed by atoms with Crippen molar-refractivity contribution in [1.82, 2.24) is 5.43 Å². The molecule has 3 aromatic rings. The lowest BCUT2D eigenvalue weighted by molar-refractivity contribution is -0.120. The predicted octanol–water partition coefficient (Wildman–Crippen LogP) is 4.32. The summed E-state index contributed by atoms with van der Waals surface area (Å²) in [6.45, 7) is 0. The van der Waals surface area contributed by atoms with Gasteiger partial charge in [0.15, 0.2) is 11.5 Å². The third-order valence-corrected chi connectivity index (χ3v) is 5.09. The molecule has 0 spiro atoms. The van der Waals surface area contributed by atoms with Gasteiger partial charge in [0.2, 0.25) is 11.7 Å². The first-order valence-corrected chi connectivity index (χ1v) is 9.64. The van der Waals surface area contributed by atoms with Crippen LogP contribution in [0, 0.1) is 0 Å². The molecule has 0 heterocycles. The van der Waals surface area contributed by atoms with E-state index in [-0.39, 0.29) is 12.3 Å². The van der Waals surface area contributed by atoms with E-state index in [1.807, 2.05) is 36.4 Å². The normalized spacial score (nSPS) is 10.9. The number of carbonyl (C=O) groups is 1. The summed E-state index contributed by atoms with van der Waals surface area (Å²) in [6.07, 6.45) is 1.75. The zero-order valence-electron chi connectivity index (χ0n) is 16.4. The SMILES string of the molecule is COc1cc(C=NNC(=O)Cc2ccc(Br)c3ccccc23)cc(OC)c1OC. The fourth-order valence-corrected chi connectivity index (χ4v) is 3.52. The molecular formula is C22H21BrN2O4. The average molecular weight is 457 g/mol. The van der Waals surface area contributed by atoms with Crippen LogP contribution in [0.4, 0.5) is 0 Å². The molecule has 6 nitrogen and oxygen atoms in total. The molecule has 0 aliphatic carbocycles. The first-order chi connectivity index (χ1) is 14.1. The van der Waals surface area contributed by atoms with Crippen LogP contribution in [-0.2, 0) is 11.2 Å². The molecule has 0 fully saturated rings. The van der Waals surface area contributed by atoms with E-state index in [2.05, 4.69) is 26.5 Å². The van der Waals surface area contributed by atoms with Crippen molar-refractivity contribution in [2.24, 2.45) is 5.10 Å². The van der Waals surface area contributed by atoms with E-state index in [9.17, 15) is 4.79 Å². The number of ether oxygens (including phenoxy) is 3. The van der Waals surface area contributed by atoms with E-state index in [1.54, 1.807) is 33.5 Å². The van der Waals surface area contributed by atoms with Crippen molar-refractivity contribution in [2.75, 3.05) is 21.3 Å². The van der Waals surface area contributed by atoms with Crippen molar-refractivity contribution in [3.05, 3.63) is 64.1 Å². The molecule has 3 aromatic carbocycles. The molecule has 0 aliphatic heterocycles.